The molecule has 0 saturated carbocycles. The maximum atomic E-state index is 10.3. The second-order valence-corrected chi connectivity index (χ2v) is 2.51. The summed E-state index contributed by atoms with van der Waals surface area (Å²) in [6, 6.07) is 0. The molecule has 1 aliphatic heterocycles. The normalized spacial score (nSPS) is 15.4. The number of carbonyl (C=O) groups excluding carboxylic acids is 2. The summed E-state index contributed by atoms with van der Waals surface area (Å²) in [4.78, 5) is 20.6. The Morgan fingerprint density at radius 2 is 1.31 bits per heavy atom. The molecule has 0 spiro atoms. The molecule has 1 heterocycles. The van der Waals surface area contributed by atoms with Gasteiger partial charge in [-0.3, -0.25) is 0 Å². The number of esters is 2. The van der Waals surface area contributed by atoms with Gasteiger partial charge in [0.15, 0.2) is 10.1 Å². The maximum absolute atomic E-state index is 10.3. The molecule has 0 saturated heterocycles. The van der Waals surface area contributed by atoms with Gasteiger partial charge in [-0.2, -0.15) is 0 Å². The van der Waals surface area contributed by atoms with Crippen molar-refractivity contribution in [2.45, 2.75) is 0 Å². The van der Waals surface area contributed by atoms with Gasteiger partial charge in [0.25, 0.3) is 0 Å². The highest BCUT2D eigenvalue weighted by molar-refractivity contribution is 6.56. The van der Waals surface area contributed by atoms with Gasteiger partial charge < -0.3 is 14.9 Å². The molecule has 0 amide bonds. The lowest BCUT2D eigenvalue weighted by atomic mass is 10.5. The van der Waals surface area contributed by atoms with Gasteiger partial charge >= 0.3 is 11.9 Å². The minimum Gasteiger partial charge on any atom is -0.394 e. The average Bonchev–Trinajstić information content (AvgIpc) is 2.34. The van der Waals surface area contributed by atoms with Crippen LogP contribution >= 0.6 is 23.2 Å². The Kier molecular flexibility index (Phi) is 5.65. The van der Waals surface area contributed by atoms with E-state index in [4.69, 9.17) is 33.4 Å². The zero-order chi connectivity index (χ0) is 10.4. The van der Waals surface area contributed by atoms with E-state index in [-0.39, 0.29) is 23.3 Å². The van der Waals surface area contributed by atoms with Crippen LogP contribution in [-0.4, -0.2) is 35.4 Å². The van der Waals surface area contributed by atoms with Crippen molar-refractivity contribution >= 4 is 35.1 Å². The molecule has 0 aliphatic carbocycles. The molecule has 74 valence electrons. The summed E-state index contributed by atoms with van der Waals surface area (Å²) in [5.41, 5.74) is 0. The fraction of sp³-hybridized carbons (Fsp3) is 0.333. The Hall–Kier alpha value is -0.620. The smallest absolute Gasteiger partial charge is 0.359 e. The van der Waals surface area contributed by atoms with E-state index in [9.17, 15) is 9.59 Å². The van der Waals surface area contributed by atoms with Gasteiger partial charge in [0, 0.05) is 0 Å². The highest BCUT2D eigenvalue weighted by Gasteiger charge is 2.30. The second-order valence-electron chi connectivity index (χ2n) is 1.75. The number of hydrogen-bond acceptors (Lipinski definition) is 5. The first kappa shape index (κ1) is 12.4. The van der Waals surface area contributed by atoms with Gasteiger partial charge in [0.2, 0.25) is 0 Å². The number of hydrogen-bond donors (Lipinski definition) is 2. The SMILES string of the molecule is O=C1OC(=O)C(Cl)=C1Cl.OCCO. The first-order valence-electron chi connectivity index (χ1n) is 3.08. The number of ether oxygens (including phenoxy) is 1. The van der Waals surface area contributed by atoms with E-state index < -0.39 is 11.9 Å². The number of aliphatic hydroxyl groups excluding tert-OH is 2. The summed E-state index contributed by atoms with van der Waals surface area (Å²) in [7, 11) is 0. The van der Waals surface area contributed by atoms with Gasteiger partial charge in [-0.05, 0) is 0 Å². The lowest BCUT2D eigenvalue weighted by molar-refractivity contribution is -0.150. The van der Waals surface area contributed by atoms with E-state index in [0.717, 1.165) is 0 Å². The molecule has 0 aromatic heterocycles. The summed E-state index contributed by atoms with van der Waals surface area (Å²) < 4.78 is 3.97. The van der Waals surface area contributed by atoms with E-state index in [1.807, 2.05) is 0 Å². The minimum atomic E-state index is -0.883. The third-order valence-corrected chi connectivity index (χ3v) is 1.62. The van der Waals surface area contributed by atoms with Crippen LogP contribution in [0.3, 0.4) is 0 Å². The Bertz CT molecular complexity index is 223. The maximum Gasteiger partial charge on any atom is 0.359 e. The van der Waals surface area contributed by atoms with Crippen molar-refractivity contribution in [3.05, 3.63) is 10.1 Å². The summed E-state index contributed by atoms with van der Waals surface area (Å²) in [5.74, 6) is -1.77. The Morgan fingerprint density at radius 3 is 1.38 bits per heavy atom. The zero-order valence-corrected chi connectivity index (χ0v) is 7.80. The van der Waals surface area contributed by atoms with Gasteiger partial charge in [-0.1, -0.05) is 23.2 Å². The summed E-state index contributed by atoms with van der Waals surface area (Å²) >= 11 is 10.3. The summed E-state index contributed by atoms with van der Waals surface area (Å²) in [6.45, 7) is -0.250. The van der Waals surface area contributed by atoms with Crippen LogP contribution in [0.1, 0.15) is 0 Å². The van der Waals surface area contributed by atoms with Crippen LogP contribution in [0.4, 0.5) is 0 Å². The molecule has 1 aliphatic rings. The number of carbonyl (C=O) groups is 2. The lowest BCUT2D eigenvalue weighted by Crippen LogP contribution is -1.99. The van der Waals surface area contributed by atoms with E-state index in [1.54, 1.807) is 0 Å². The average molecular weight is 229 g/mol. The number of halogens is 2. The molecule has 5 nitrogen and oxygen atoms in total. The molecule has 7 heteroatoms. The molecule has 13 heavy (non-hydrogen) atoms. The molecule has 2 N–H and O–H groups in total. The topological polar surface area (TPSA) is 83.8 Å². The monoisotopic (exact) mass is 228 g/mol. The minimum absolute atomic E-state index is 0.125. The van der Waals surface area contributed by atoms with Crippen LogP contribution in [0.5, 0.6) is 0 Å². The molecule has 0 unspecified atom stereocenters. The Labute approximate surface area is 83.5 Å². The number of cyclic esters (lactones) is 2. The summed E-state index contributed by atoms with van der Waals surface area (Å²) in [6.07, 6.45) is 0. The van der Waals surface area contributed by atoms with E-state index in [1.165, 1.54) is 0 Å². The molecule has 0 fully saturated rings. The van der Waals surface area contributed by atoms with Crippen LogP contribution < -0.4 is 0 Å². The van der Waals surface area contributed by atoms with Crippen LogP contribution in [-0.2, 0) is 14.3 Å². The molecule has 0 atom stereocenters. The molecular formula is C6H6Cl2O5. The van der Waals surface area contributed by atoms with Gasteiger partial charge in [0.1, 0.15) is 0 Å². The van der Waals surface area contributed by atoms with Gasteiger partial charge in [-0.25, -0.2) is 9.59 Å². The number of aliphatic hydroxyl groups is 2. The second kappa shape index (κ2) is 5.93. The van der Waals surface area contributed by atoms with Crippen LogP contribution in [0.2, 0.25) is 0 Å². The van der Waals surface area contributed by atoms with Crippen molar-refractivity contribution in [3.63, 3.8) is 0 Å². The largest absolute Gasteiger partial charge is 0.394 e. The zero-order valence-electron chi connectivity index (χ0n) is 6.29. The van der Waals surface area contributed by atoms with Crippen LogP contribution in [0, 0.1) is 0 Å². The fourth-order valence-corrected chi connectivity index (χ4v) is 0.584. The van der Waals surface area contributed by atoms with E-state index >= 15 is 0 Å². The van der Waals surface area contributed by atoms with Gasteiger partial charge in [0.05, 0.1) is 13.2 Å². The predicted octanol–water partition coefficient (Wildman–Crippen LogP) is -0.270. The van der Waals surface area contributed by atoms with Crippen molar-refractivity contribution in [1.29, 1.82) is 0 Å². The van der Waals surface area contributed by atoms with E-state index in [0.29, 0.717) is 0 Å². The van der Waals surface area contributed by atoms with Crippen LogP contribution in [0.25, 0.3) is 0 Å². The Balaban J connectivity index is 0.000000310. The number of rotatable bonds is 1. The molecule has 0 aromatic carbocycles. The molecule has 0 aromatic rings. The first-order valence-corrected chi connectivity index (χ1v) is 3.83. The molecule has 0 bridgehead atoms. The highest BCUT2D eigenvalue weighted by Crippen LogP contribution is 2.23. The lowest BCUT2D eigenvalue weighted by Gasteiger charge is -1.82. The third kappa shape index (κ3) is 3.73. The quantitative estimate of drug-likeness (QED) is 0.477. The molecule has 1 rings (SSSR count). The van der Waals surface area contributed by atoms with Crippen molar-refractivity contribution in [1.82, 2.24) is 0 Å². The summed E-state index contributed by atoms with van der Waals surface area (Å²) in [5, 5.41) is 14.6. The van der Waals surface area contributed by atoms with Crippen molar-refractivity contribution in [3.8, 4) is 0 Å². The van der Waals surface area contributed by atoms with Crippen molar-refractivity contribution in [2.75, 3.05) is 13.2 Å². The fourth-order valence-electron chi connectivity index (χ4n) is 0.353. The highest BCUT2D eigenvalue weighted by atomic mass is 35.5. The molecule has 0 radical (unpaired) electrons. The van der Waals surface area contributed by atoms with Crippen molar-refractivity contribution in [2.24, 2.45) is 0 Å². The predicted molar refractivity (Wildman–Crippen MR) is 44.0 cm³/mol. The van der Waals surface area contributed by atoms with Crippen LogP contribution in [0.15, 0.2) is 10.1 Å². The Morgan fingerprint density at radius 1 is 1.00 bits per heavy atom. The molecular weight excluding hydrogens is 223 g/mol. The standard InChI is InChI=1S/C4Cl2O3.C2H6O2/c5-1-2(6)4(8)9-3(1)7;3-1-2-4/h;3-4H,1-2H2. The first-order chi connectivity index (χ1) is 6.04. The van der Waals surface area contributed by atoms with Gasteiger partial charge in [-0.15, -0.1) is 0 Å². The van der Waals surface area contributed by atoms with E-state index in [2.05, 4.69) is 4.74 Å². The van der Waals surface area contributed by atoms with Crippen molar-refractivity contribution < 1.29 is 24.5 Å². The third-order valence-electron chi connectivity index (χ3n) is 0.837.